The monoisotopic (exact) mass is 260 g/mol. The Morgan fingerprint density at radius 2 is 2.00 bits per heavy atom. The summed E-state index contributed by atoms with van der Waals surface area (Å²) in [6, 6.07) is 0. The zero-order valence-electron chi connectivity index (χ0n) is 11.4. The van der Waals surface area contributed by atoms with E-state index in [1.54, 1.807) is 0 Å². The van der Waals surface area contributed by atoms with E-state index in [1.165, 1.54) is 0 Å². The fraction of sp³-hybridized carbons (Fsp3) is 0.917. The standard InChI is InChI=1S/C12H24O4Si/c1-11(2,3)17(4,5)16-8-12(15)9(13)6-7-10(12)14/h9,13,15H,6-8H2,1-5H3/t9-,12-/m0/s1. The Bertz CT molecular complexity index is 308. The van der Waals surface area contributed by atoms with Crippen LogP contribution in [0, 0.1) is 0 Å². The minimum Gasteiger partial charge on any atom is -0.413 e. The lowest BCUT2D eigenvalue weighted by molar-refractivity contribution is -0.146. The molecule has 0 bridgehead atoms. The van der Waals surface area contributed by atoms with E-state index in [2.05, 4.69) is 33.9 Å². The van der Waals surface area contributed by atoms with Crippen molar-refractivity contribution in [3.8, 4) is 0 Å². The Kier molecular flexibility index (Phi) is 3.89. The molecule has 0 amide bonds. The third-order valence-corrected chi connectivity index (χ3v) is 8.62. The molecule has 100 valence electrons. The summed E-state index contributed by atoms with van der Waals surface area (Å²) in [4.78, 5) is 11.6. The molecule has 0 spiro atoms. The Labute approximate surface area is 104 Å². The Morgan fingerprint density at radius 1 is 1.47 bits per heavy atom. The molecule has 0 aromatic carbocycles. The Balaban J connectivity index is 2.71. The number of aliphatic hydroxyl groups excluding tert-OH is 1. The van der Waals surface area contributed by atoms with Crippen LogP contribution in [0.5, 0.6) is 0 Å². The van der Waals surface area contributed by atoms with Crippen molar-refractivity contribution < 1.29 is 19.4 Å². The highest BCUT2D eigenvalue weighted by Gasteiger charge is 2.50. The van der Waals surface area contributed by atoms with Gasteiger partial charge in [-0.25, -0.2) is 0 Å². The van der Waals surface area contributed by atoms with Crippen molar-refractivity contribution in [3.63, 3.8) is 0 Å². The van der Waals surface area contributed by atoms with Crippen LogP contribution >= 0.6 is 0 Å². The predicted octanol–water partition coefficient (Wildman–Crippen LogP) is 1.46. The number of aliphatic hydroxyl groups is 2. The van der Waals surface area contributed by atoms with Gasteiger partial charge in [-0.05, 0) is 24.6 Å². The summed E-state index contributed by atoms with van der Waals surface area (Å²) in [7, 11) is -2.00. The van der Waals surface area contributed by atoms with Gasteiger partial charge in [-0.3, -0.25) is 4.79 Å². The molecule has 1 saturated carbocycles. The average Bonchev–Trinajstić information content (AvgIpc) is 2.42. The molecular weight excluding hydrogens is 236 g/mol. The summed E-state index contributed by atoms with van der Waals surface area (Å²) in [5.74, 6) is -0.302. The quantitative estimate of drug-likeness (QED) is 0.754. The highest BCUT2D eigenvalue weighted by atomic mass is 28.4. The summed E-state index contributed by atoms with van der Waals surface area (Å²) in [5, 5.41) is 19.9. The highest BCUT2D eigenvalue weighted by Crippen LogP contribution is 2.38. The first-order valence-corrected chi connectivity index (χ1v) is 8.99. The molecule has 1 rings (SSSR count). The van der Waals surface area contributed by atoms with Crippen molar-refractivity contribution in [1.29, 1.82) is 0 Å². The third-order valence-electron chi connectivity index (χ3n) is 4.14. The van der Waals surface area contributed by atoms with E-state index in [0.717, 1.165) is 0 Å². The highest BCUT2D eigenvalue weighted by molar-refractivity contribution is 6.74. The number of Topliss-reactive ketones (excluding diaryl/α,β-unsaturated/α-hetero) is 1. The van der Waals surface area contributed by atoms with Gasteiger partial charge in [0.15, 0.2) is 19.7 Å². The van der Waals surface area contributed by atoms with Gasteiger partial charge in [0.1, 0.15) is 0 Å². The first kappa shape index (κ1) is 14.8. The van der Waals surface area contributed by atoms with Crippen molar-refractivity contribution in [2.45, 2.75) is 63.5 Å². The number of hydrogen-bond donors (Lipinski definition) is 2. The van der Waals surface area contributed by atoms with Crippen LogP contribution in [0.25, 0.3) is 0 Å². The van der Waals surface area contributed by atoms with Crippen LogP contribution in [-0.2, 0) is 9.22 Å². The SMILES string of the molecule is CC(C)(C)[Si](C)(C)OC[C@@]1(O)C(=O)CC[C@@H]1O. The molecule has 0 aromatic heterocycles. The van der Waals surface area contributed by atoms with E-state index in [1.807, 2.05) is 0 Å². The molecule has 0 saturated heterocycles. The molecule has 1 fully saturated rings. The molecule has 0 unspecified atom stereocenters. The van der Waals surface area contributed by atoms with E-state index in [0.29, 0.717) is 6.42 Å². The minimum absolute atomic E-state index is 0.0238. The van der Waals surface area contributed by atoms with Crippen molar-refractivity contribution in [1.82, 2.24) is 0 Å². The number of hydrogen-bond acceptors (Lipinski definition) is 4. The van der Waals surface area contributed by atoms with Crippen molar-refractivity contribution in [3.05, 3.63) is 0 Å². The second kappa shape index (κ2) is 4.46. The molecule has 5 heteroatoms. The second-order valence-electron chi connectivity index (χ2n) is 6.45. The topological polar surface area (TPSA) is 66.8 Å². The lowest BCUT2D eigenvalue weighted by Gasteiger charge is -2.38. The summed E-state index contributed by atoms with van der Waals surface area (Å²) in [5.41, 5.74) is -1.68. The fourth-order valence-electron chi connectivity index (χ4n) is 1.59. The van der Waals surface area contributed by atoms with E-state index < -0.39 is 20.0 Å². The lowest BCUT2D eigenvalue weighted by atomic mass is 10.0. The smallest absolute Gasteiger partial charge is 0.192 e. The molecular formula is C12H24O4Si. The number of ketones is 1. The van der Waals surface area contributed by atoms with Crippen LogP contribution in [0.1, 0.15) is 33.6 Å². The van der Waals surface area contributed by atoms with Crippen LogP contribution in [-0.4, -0.2) is 42.6 Å². The zero-order valence-corrected chi connectivity index (χ0v) is 12.4. The van der Waals surface area contributed by atoms with Gasteiger partial charge < -0.3 is 14.6 Å². The van der Waals surface area contributed by atoms with Gasteiger partial charge in [0, 0.05) is 6.42 Å². The van der Waals surface area contributed by atoms with Gasteiger partial charge in [0.25, 0.3) is 0 Å². The van der Waals surface area contributed by atoms with E-state index in [4.69, 9.17) is 4.43 Å². The van der Waals surface area contributed by atoms with Crippen molar-refractivity contribution in [2.75, 3.05) is 6.61 Å². The largest absolute Gasteiger partial charge is 0.413 e. The summed E-state index contributed by atoms with van der Waals surface area (Å²) >= 11 is 0. The molecule has 2 atom stereocenters. The summed E-state index contributed by atoms with van der Waals surface area (Å²) in [6.07, 6.45) is -0.422. The first-order valence-electron chi connectivity index (χ1n) is 6.08. The predicted molar refractivity (Wildman–Crippen MR) is 68.3 cm³/mol. The molecule has 1 aliphatic carbocycles. The molecule has 4 nitrogen and oxygen atoms in total. The van der Waals surface area contributed by atoms with Crippen LogP contribution in [0.2, 0.25) is 18.1 Å². The fourth-order valence-corrected chi connectivity index (χ4v) is 2.61. The van der Waals surface area contributed by atoms with Crippen molar-refractivity contribution >= 4 is 14.1 Å². The van der Waals surface area contributed by atoms with Crippen LogP contribution in [0.3, 0.4) is 0 Å². The van der Waals surface area contributed by atoms with Crippen LogP contribution in [0.4, 0.5) is 0 Å². The maximum atomic E-state index is 11.6. The van der Waals surface area contributed by atoms with Gasteiger partial charge in [-0.2, -0.15) is 0 Å². The molecule has 17 heavy (non-hydrogen) atoms. The molecule has 0 aliphatic heterocycles. The maximum Gasteiger partial charge on any atom is 0.192 e. The molecule has 1 aliphatic rings. The summed E-state index contributed by atoms with van der Waals surface area (Å²) in [6.45, 7) is 10.3. The lowest BCUT2D eigenvalue weighted by Crippen LogP contribution is -2.52. The number of carbonyl (C=O) groups is 1. The first-order chi connectivity index (χ1) is 7.51. The minimum atomic E-state index is -2.00. The normalized spacial score (nSPS) is 31.0. The van der Waals surface area contributed by atoms with Crippen molar-refractivity contribution in [2.24, 2.45) is 0 Å². The number of carbonyl (C=O) groups excluding carboxylic acids is 1. The van der Waals surface area contributed by atoms with E-state index in [-0.39, 0.29) is 23.8 Å². The molecule has 0 heterocycles. The average molecular weight is 260 g/mol. The molecule has 0 radical (unpaired) electrons. The maximum absolute atomic E-state index is 11.6. The van der Waals surface area contributed by atoms with Gasteiger partial charge in [-0.1, -0.05) is 20.8 Å². The van der Waals surface area contributed by atoms with E-state index >= 15 is 0 Å². The molecule has 2 N–H and O–H groups in total. The second-order valence-corrected chi connectivity index (χ2v) is 11.3. The van der Waals surface area contributed by atoms with Crippen LogP contribution < -0.4 is 0 Å². The Morgan fingerprint density at radius 3 is 2.35 bits per heavy atom. The number of rotatable bonds is 3. The van der Waals surface area contributed by atoms with Gasteiger partial charge in [0.05, 0.1) is 12.7 Å². The Hall–Kier alpha value is -0.233. The zero-order chi connectivity index (χ0) is 13.5. The van der Waals surface area contributed by atoms with Gasteiger partial charge in [-0.15, -0.1) is 0 Å². The summed E-state index contributed by atoms with van der Waals surface area (Å²) < 4.78 is 5.83. The third kappa shape index (κ3) is 2.78. The van der Waals surface area contributed by atoms with E-state index in [9.17, 15) is 15.0 Å². The molecule has 0 aromatic rings. The van der Waals surface area contributed by atoms with Crippen LogP contribution in [0.15, 0.2) is 0 Å². The van der Waals surface area contributed by atoms with Gasteiger partial charge >= 0.3 is 0 Å². The van der Waals surface area contributed by atoms with Gasteiger partial charge in [0.2, 0.25) is 0 Å².